The maximum Gasteiger partial charge on any atom is 0.200 e. The van der Waals surface area contributed by atoms with Crippen molar-refractivity contribution < 1.29 is 33.7 Å². The minimum Gasteiger partial charge on any atom is -0.504 e. The number of anilines is 4. The molecule has 2 fully saturated rings. The molecule has 3 aliphatic rings. The number of fused-ring (bicyclic) bond motifs is 2. The molecule has 0 atom stereocenters. The molecule has 9 heteroatoms. The highest BCUT2D eigenvalue weighted by Gasteiger charge is 2.41. The van der Waals surface area contributed by atoms with Gasteiger partial charge in [0.05, 0.1) is 33.6 Å². The van der Waals surface area contributed by atoms with Gasteiger partial charge >= 0.3 is 0 Å². The molecule has 9 rings (SSSR count). The molecule has 2 saturated carbocycles. The molecule has 0 radical (unpaired) electrons. The van der Waals surface area contributed by atoms with Crippen molar-refractivity contribution in [3.63, 3.8) is 0 Å². The highest BCUT2D eigenvalue weighted by molar-refractivity contribution is 6.34. The molecule has 0 saturated heterocycles. The van der Waals surface area contributed by atoms with Crippen molar-refractivity contribution >= 4 is 34.3 Å². The Balaban J connectivity index is 1.07. The average molecular weight is 957 g/mol. The minimum atomic E-state index is -0.741. The van der Waals surface area contributed by atoms with E-state index in [1.54, 1.807) is 6.07 Å². The fourth-order valence-corrected chi connectivity index (χ4v) is 11.2. The number of carbonyl (C=O) groups is 2. The van der Waals surface area contributed by atoms with Crippen LogP contribution in [0.2, 0.25) is 0 Å². The molecule has 0 heterocycles. The molecule has 0 aromatic heterocycles. The number of phenolic OH excluding ortho intramolecular Hbond substituents is 2. The van der Waals surface area contributed by atoms with Crippen molar-refractivity contribution in [2.45, 2.75) is 142 Å². The summed E-state index contributed by atoms with van der Waals surface area (Å²) in [7, 11) is 0. The van der Waals surface area contributed by atoms with Gasteiger partial charge in [0.2, 0.25) is 11.6 Å². The second kappa shape index (κ2) is 22.6. The molecule has 0 spiro atoms. The average Bonchev–Trinajstić information content (AvgIpc) is 3.39. The van der Waals surface area contributed by atoms with Crippen LogP contribution in [-0.4, -0.2) is 21.8 Å². The van der Waals surface area contributed by atoms with E-state index in [2.05, 4.69) is 55.7 Å². The molecule has 71 heavy (non-hydrogen) atoms. The van der Waals surface area contributed by atoms with Gasteiger partial charge in [-0.15, -0.1) is 0 Å². The van der Waals surface area contributed by atoms with E-state index in [9.17, 15) is 14.6 Å². The molecule has 0 unspecified atom stereocenters. The zero-order valence-corrected chi connectivity index (χ0v) is 41.6. The topological polar surface area (TPSA) is 117 Å². The Bertz CT molecular complexity index is 2810. The molecular weight excluding hydrogens is 888 g/mol. The lowest BCUT2D eigenvalue weighted by Gasteiger charge is -2.29. The Morgan fingerprint density at radius 2 is 0.972 bits per heavy atom. The number of nitrogens with one attached hydrogen (secondary N) is 2. The molecule has 0 amide bonds. The zero-order chi connectivity index (χ0) is 49.4. The molecule has 0 aliphatic heterocycles. The fourth-order valence-electron chi connectivity index (χ4n) is 11.2. The van der Waals surface area contributed by atoms with Crippen molar-refractivity contribution in [2.24, 2.45) is 11.8 Å². The first-order chi connectivity index (χ1) is 34.6. The monoisotopic (exact) mass is 957 g/mol. The number of halogens is 1. The number of rotatable bonds is 19. The van der Waals surface area contributed by atoms with E-state index in [0.29, 0.717) is 34.7 Å². The van der Waals surface area contributed by atoms with Crippen LogP contribution in [0.4, 0.5) is 27.1 Å². The number of carbonyl (C=O) groups excluding carboxylic acids is 2. The molecule has 370 valence electrons. The van der Waals surface area contributed by atoms with Crippen LogP contribution in [0.5, 0.6) is 34.5 Å². The van der Waals surface area contributed by atoms with E-state index >= 15 is 9.59 Å². The van der Waals surface area contributed by atoms with Gasteiger partial charge in [0.15, 0.2) is 23.0 Å². The van der Waals surface area contributed by atoms with Gasteiger partial charge < -0.3 is 30.3 Å². The SMILES string of the molecule is CCCCc1ccc(Nc2cc(Oc3ccc(C4CCC(CCCC)CC4)cc3)c(O)c3c2C(=O)c2c(O)c(Oc4ccc(C5CCC(CCCC)CC5)cc4)cc(Nc4cccc(F)c4)c2C3=O)cc1. The number of aryl methyl sites for hydroxylation is 1. The summed E-state index contributed by atoms with van der Waals surface area (Å²) in [5, 5.41) is 30.8. The smallest absolute Gasteiger partial charge is 0.200 e. The summed E-state index contributed by atoms with van der Waals surface area (Å²) in [5.74, 6) is 0.268. The number of unbranched alkanes of at least 4 members (excludes halogenated alkanes) is 3. The standard InChI is InChI=1S/C62H69FN2O6/c1-4-7-11-39-16-22-42(23-17-39)44-26-32-49(33-27-44)70-53-37-51(64-47-30-20-41(21-31-47)13-9-6-3)55-57(59(53)66)62(69)56-52(65-48-15-10-14-46(63)36-48)38-54(60(67)58(56)61(55)68)71-50-34-28-45(29-35-50)43-24-18-40(19-25-43)12-8-5-2/h10,14-15,20-21,26-40,42-43,64-67H,4-9,11-13,16-19,22-25H2,1-3H3. The Morgan fingerprint density at radius 3 is 1.41 bits per heavy atom. The number of hydrogen-bond acceptors (Lipinski definition) is 8. The summed E-state index contributed by atoms with van der Waals surface area (Å²) in [6.45, 7) is 6.65. The van der Waals surface area contributed by atoms with Crippen LogP contribution in [0.1, 0.15) is 184 Å². The summed E-state index contributed by atoms with van der Waals surface area (Å²) in [5.41, 5.74) is 3.94. The van der Waals surface area contributed by atoms with Crippen LogP contribution in [0.25, 0.3) is 0 Å². The maximum absolute atomic E-state index is 15.3. The van der Waals surface area contributed by atoms with E-state index in [0.717, 1.165) is 62.3 Å². The number of phenols is 2. The minimum absolute atomic E-state index is 0.0311. The first kappa shape index (κ1) is 49.4. The second-order valence-corrected chi connectivity index (χ2v) is 20.3. The van der Waals surface area contributed by atoms with Crippen molar-refractivity contribution in [1.82, 2.24) is 0 Å². The van der Waals surface area contributed by atoms with Gasteiger partial charge in [0.1, 0.15) is 17.3 Å². The Hall–Kier alpha value is -6.61. The molecule has 3 aliphatic carbocycles. The van der Waals surface area contributed by atoms with Crippen molar-refractivity contribution in [2.75, 3.05) is 10.6 Å². The number of hydrogen-bond donors (Lipinski definition) is 4. The Kier molecular flexibility index (Phi) is 15.7. The largest absolute Gasteiger partial charge is 0.504 e. The molecule has 6 aromatic rings. The molecule has 6 aromatic carbocycles. The Labute approximate surface area is 419 Å². The first-order valence-corrected chi connectivity index (χ1v) is 26.4. The predicted molar refractivity (Wildman–Crippen MR) is 283 cm³/mol. The summed E-state index contributed by atoms with van der Waals surface area (Å²) in [4.78, 5) is 30.5. The zero-order valence-electron chi connectivity index (χ0n) is 41.6. The number of benzene rings is 6. The van der Waals surface area contributed by atoms with Crippen LogP contribution in [0.3, 0.4) is 0 Å². The van der Waals surface area contributed by atoms with E-state index in [4.69, 9.17) is 9.47 Å². The predicted octanol–water partition coefficient (Wildman–Crippen LogP) is 17.4. The third kappa shape index (κ3) is 11.3. The normalized spacial score (nSPS) is 18.6. The summed E-state index contributed by atoms with van der Waals surface area (Å²) < 4.78 is 27.5. The molecule has 4 N–H and O–H groups in total. The number of ether oxygens (including phenoxy) is 2. The number of aromatic hydroxyl groups is 2. The van der Waals surface area contributed by atoms with Crippen molar-refractivity contribution in [1.29, 1.82) is 0 Å². The first-order valence-electron chi connectivity index (χ1n) is 26.4. The Morgan fingerprint density at radius 1 is 0.521 bits per heavy atom. The van der Waals surface area contributed by atoms with Crippen LogP contribution in [-0.2, 0) is 6.42 Å². The third-order valence-corrected chi connectivity index (χ3v) is 15.4. The van der Waals surface area contributed by atoms with Gasteiger partial charge in [-0.2, -0.15) is 0 Å². The van der Waals surface area contributed by atoms with Crippen molar-refractivity contribution in [3.8, 4) is 34.5 Å². The molecule has 0 bridgehead atoms. The second-order valence-electron chi connectivity index (χ2n) is 20.3. The van der Waals surface area contributed by atoms with Gasteiger partial charge in [0.25, 0.3) is 0 Å². The van der Waals surface area contributed by atoms with Crippen LogP contribution >= 0.6 is 0 Å². The van der Waals surface area contributed by atoms with E-state index < -0.39 is 28.9 Å². The number of ketones is 2. The van der Waals surface area contributed by atoms with Crippen LogP contribution in [0.15, 0.2) is 109 Å². The quantitative estimate of drug-likeness (QED) is 0.0592. The summed E-state index contributed by atoms with van der Waals surface area (Å²) in [6.07, 6.45) is 20.2. The lowest BCUT2D eigenvalue weighted by atomic mass is 9.77. The lowest BCUT2D eigenvalue weighted by Crippen LogP contribution is -2.24. The molecular formula is C62H69FN2O6. The van der Waals surface area contributed by atoms with Gasteiger partial charge in [-0.3, -0.25) is 9.59 Å². The van der Waals surface area contributed by atoms with Gasteiger partial charge in [-0.1, -0.05) is 108 Å². The summed E-state index contributed by atoms with van der Waals surface area (Å²) >= 11 is 0. The van der Waals surface area contributed by atoms with E-state index in [1.165, 1.54) is 106 Å². The van der Waals surface area contributed by atoms with Crippen LogP contribution < -0.4 is 20.1 Å². The van der Waals surface area contributed by atoms with E-state index in [1.807, 2.05) is 48.5 Å². The fraction of sp³-hybridized carbons (Fsp3) is 0.387. The van der Waals surface area contributed by atoms with Gasteiger partial charge in [-0.25, -0.2) is 4.39 Å². The summed E-state index contributed by atoms with van der Waals surface area (Å²) in [6, 6.07) is 32.3. The van der Waals surface area contributed by atoms with Gasteiger partial charge in [0, 0.05) is 23.5 Å². The lowest BCUT2D eigenvalue weighted by molar-refractivity contribution is 0.0974. The highest BCUT2D eigenvalue weighted by atomic mass is 19.1. The third-order valence-electron chi connectivity index (χ3n) is 15.4. The van der Waals surface area contributed by atoms with Gasteiger partial charge in [-0.05, 0) is 159 Å². The highest BCUT2D eigenvalue weighted by Crippen LogP contribution is 2.51. The maximum atomic E-state index is 15.3. The van der Waals surface area contributed by atoms with Crippen molar-refractivity contribution in [3.05, 3.63) is 154 Å². The van der Waals surface area contributed by atoms with Crippen LogP contribution in [0, 0.1) is 17.7 Å². The molecule has 8 nitrogen and oxygen atoms in total. The van der Waals surface area contributed by atoms with E-state index in [-0.39, 0.29) is 45.1 Å².